The van der Waals surface area contributed by atoms with Crippen LogP contribution >= 0.6 is 11.6 Å². The van der Waals surface area contributed by atoms with E-state index in [1.807, 2.05) is 0 Å². The summed E-state index contributed by atoms with van der Waals surface area (Å²) >= 11 is 6.26. The van der Waals surface area contributed by atoms with Gasteiger partial charge in [0.25, 0.3) is 0 Å². The Kier molecular flexibility index (Phi) is 5.98. The number of aliphatic hydroxyl groups is 1. The van der Waals surface area contributed by atoms with Crippen molar-refractivity contribution in [3.63, 3.8) is 0 Å². The molecule has 9 heteroatoms. The number of hydrogen-bond acceptors (Lipinski definition) is 6. The van der Waals surface area contributed by atoms with E-state index in [1.165, 1.54) is 0 Å². The van der Waals surface area contributed by atoms with Crippen molar-refractivity contribution < 1.29 is 29.1 Å². The Bertz CT molecular complexity index is 606. The van der Waals surface area contributed by atoms with Crippen LogP contribution in [0, 0.1) is 0 Å². The van der Waals surface area contributed by atoms with Crippen LogP contribution in [0.15, 0.2) is 12.1 Å². The molecule has 0 aromatic heterocycles. The maximum atomic E-state index is 11.7. The number of nitrogens with one attached hydrogen (secondary N) is 1. The molecule has 0 saturated heterocycles. The highest BCUT2D eigenvalue weighted by atomic mass is 35.5. The molecule has 1 aromatic rings. The molecule has 132 valence electrons. The lowest BCUT2D eigenvalue weighted by atomic mass is 9.79. The fourth-order valence-electron chi connectivity index (χ4n) is 2.34. The molecule has 1 unspecified atom stereocenters. The van der Waals surface area contributed by atoms with Gasteiger partial charge in [-0.2, -0.15) is 0 Å². The lowest BCUT2D eigenvalue weighted by Crippen LogP contribution is -2.35. The number of carbonyl (C=O) groups is 1. The van der Waals surface area contributed by atoms with E-state index in [2.05, 4.69) is 5.32 Å². The predicted octanol–water partition coefficient (Wildman–Crippen LogP) is 0.995. The smallest absolute Gasteiger partial charge is 0.491 e. The molecule has 2 rings (SSSR count). The molecule has 0 spiro atoms. The summed E-state index contributed by atoms with van der Waals surface area (Å²) < 4.78 is 15.9. The van der Waals surface area contributed by atoms with Gasteiger partial charge in [-0.3, -0.25) is 0 Å². The van der Waals surface area contributed by atoms with E-state index in [0.29, 0.717) is 21.8 Å². The van der Waals surface area contributed by atoms with Crippen LogP contribution < -0.4 is 15.5 Å². The number of rotatable bonds is 5. The second-order valence-corrected chi connectivity index (χ2v) is 6.75. The Hall–Kier alpha value is -1.48. The molecule has 7 nitrogen and oxygen atoms in total. The summed E-state index contributed by atoms with van der Waals surface area (Å²) in [6.45, 7) is 5.40. The summed E-state index contributed by atoms with van der Waals surface area (Å²) in [6, 6.07) is 3.19. The predicted molar refractivity (Wildman–Crippen MR) is 89.7 cm³/mol. The van der Waals surface area contributed by atoms with Gasteiger partial charge in [0.1, 0.15) is 18.0 Å². The number of hydrogen-bond donors (Lipinski definition) is 3. The minimum Gasteiger partial charge on any atom is -0.491 e. The molecule has 0 aliphatic carbocycles. The van der Waals surface area contributed by atoms with Crippen molar-refractivity contribution in [3.8, 4) is 5.75 Å². The summed E-state index contributed by atoms with van der Waals surface area (Å²) in [4.78, 5) is 11.7. The van der Waals surface area contributed by atoms with Gasteiger partial charge in [0.2, 0.25) is 0 Å². The molecular formula is C15H21BClNO6. The number of alkyl carbamates (subject to hydrolysis) is 1. The molecule has 1 amide bonds. The quantitative estimate of drug-likeness (QED) is 0.680. The molecule has 0 fully saturated rings. The molecule has 0 saturated carbocycles. The average molecular weight is 358 g/mol. The van der Waals surface area contributed by atoms with Crippen LogP contribution in [0.3, 0.4) is 0 Å². The first kappa shape index (κ1) is 18.9. The van der Waals surface area contributed by atoms with Gasteiger partial charge >= 0.3 is 13.2 Å². The van der Waals surface area contributed by atoms with Gasteiger partial charge in [-0.15, -0.1) is 0 Å². The Labute approximate surface area is 146 Å². The van der Waals surface area contributed by atoms with Crippen molar-refractivity contribution in [2.45, 2.75) is 32.5 Å². The van der Waals surface area contributed by atoms with Gasteiger partial charge in [0, 0.05) is 11.6 Å². The van der Waals surface area contributed by atoms with Crippen LogP contribution in [-0.4, -0.2) is 48.7 Å². The Morgan fingerprint density at radius 2 is 2.17 bits per heavy atom. The van der Waals surface area contributed by atoms with Gasteiger partial charge in [-0.05, 0) is 43.9 Å². The third kappa shape index (κ3) is 4.76. The summed E-state index contributed by atoms with van der Waals surface area (Å²) in [6.07, 6.45) is -1.17. The van der Waals surface area contributed by atoms with Crippen LogP contribution in [0.1, 0.15) is 32.4 Å². The van der Waals surface area contributed by atoms with Gasteiger partial charge in [0.15, 0.2) is 0 Å². The molecule has 0 radical (unpaired) electrons. The lowest BCUT2D eigenvalue weighted by molar-refractivity contribution is 0.0498. The Balaban J connectivity index is 2.08. The van der Waals surface area contributed by atoms with Crippen molar-refractivity contribution in [1.82, 2.24) is 5.32 Å². The summed E-state index contributed by atoms with van der Waals surface area (Å²) in [7, 11) is -1.17. The number of benzene rings is 1. The molecule has 1 aromatic carbocycles. The monoisotopic (exact) mass is 357 g/mol. The Morgan fingerprint density at radius 1 is 1.46 bits per heavy atom. The lowest BCUT2D eigenvalue weighted by Gasteiger charge is -2.21. The fourth-order valence-corrected chi connectivity index (χ4v) is 2.68. The standard InChI is InChI=1S/C15H21BClNO6/c1-15(2,3)23-14(20)18-8-12-13-10(16(21)24-12)6-9(7-11(13)17)22-5-4-19/h6-7,12,19,21H,4-5,8H2,1-3H3,(H,18,20). The molecular weight excluding hydrogens is 336 g/mol. The summed E-state index contributed by atoms with van der Waals surface area (Å²) in [5, 5.41) is 21.8. The average Bonchev–Trinajstić information content (AvgIpc) is 2.78. The topological polar surface area (TPSA) is 97.3 Å². The van der Waals surface area contributed by atoms with Gasteiger partial charge in [0.05, 0.1) is 12.7 Å². The molecule has 1 aliphatic rings. The third-order valence-corrected chi connectivity index (χ3v) is 3.52. The minimum absolute atomic E-state index is 0.107. The van der Waals surface area contributed by atoms with E-state index >= 15 is 0 Å². The summed E-state index contributed by atoms with van der Waals surface area (Å²) in [5.74, 6) is 0.427. The maximum absolute atomic E-state index is 11.7. The van der Waals surface area contributed by atoms with Gasteiger partial charge < -0.3 is 29.6 Å². The third-order valence-electron chi connectivity index (χ3n) is 3.21. The molecule has 24 heavy (non-hydrogen) atoms. The zero-order valence-electron chi connectivity index (χ0n) is 13.8. The largest absolute Gasteiger partial charge is 0.492 e. The molecule has 3 N–H and O–H groups in total. The number of aliphatic hydroxyl groups excluding tert-OH is 1. The summed E-state index contributed by atoms with van der Waals surface area (Å²) in [5.41, 5.74) is 0.470. The maximum Gasteiger partial charge on any atom is 0.492 e. The van der Waals surface area contributed by atoms with Crippen LogP contribution in [-0.2, 0) is 9.39 Å². The van der Waals surface area contributed by atoms with E-state index in [0.717, 1.165) is 0 Å². The second kappa shape index (κ2) is 7.61. The highest BCUT2D eigenvalue weighted by Crippen LogP contribution is 2.32. The van der Waals surface area contributed by atoms with Crippen LogP contribution in [0.25, 0.3) is 0 Å². The van der Waals surface area contributed by atoms with Gasteiger partial charge in [-0.1, -0.05) is 11.6 Å². The number of amides is 1. The fraction of sp³-hybridized carbons (Fsp3) is 0.533. The number of ether oxygens (including phenoxy) is 2. The van der Waals surface area contributed by atoms with Crippen molar-refractivity contribution in [3.05, 3.63) is 22.7 Å². The van der Waals surface area contributed by atoms with Crippen molar-refractivity contribution >= 4 is 30.3 Å². The number of fused-ring (bicyclic) bond motifs is 1. The first-order valence-corrected chi connectivity index (χ1v) is 7.96. The highest BCUT2D eigenvalue weighted by Gasteiger charge is 2.37. The van der Waals surface area contributed by atoms with Crippen molar-refractivity contribution in [1.29, 1.82) is 0 Å². The zero-order valence-corrected chi connectivity index (χ0v) is 14.6. The van der Waals surface area contributed by atoms with Gasteiger partial charge in [-0.25, -0.2) is 4.79 Å². The number of halogens is 1. The van der Waals surface area contributed by atoms with E-state index in [4.69, 9.17) is 30.8 Å². The second-order valence-electron chi connectivity index (χ2n) is 6.34. The van der Waals surface area contributed by atoms with E-state index in [9.17, 15) is 9.82 Å². The zero-order chi connectivity index (χ0) is 17.9. The molecule has 1 atom stereocenters. The van der Waals surface area contributed by atoms with E-state index < -0.39 is 24.9 Å². The molecule has 1 heterocycles. The Morgan fingerprint density at radius 3 is 2.79 bits per heavy atom. The molecule has 1 aliphatic heterocycles. The van der Waals surface area contributed by atoms with Crippen LogP contribution in [0.4, 0.5) is 4.79 Å². The number of carbonyl (C=O) groups excluding carboxylic acids is 1. The van der Waals surface area contributed by atoms with Crippen LogP contribution in [0.5, 0.6) is 5.75 Å². The first-order valence-electron chi connectivity index (χ1n) is 7.58. The van der Waals surface area contributed by atoms with E-state index in [1.54, 1.807) is 32.9 Å². The van der Waals surface area contributed by atoms with Crippen LogP contribution in [0.2, 0.25) is 5.02 Å². The highest BCUT2D eigenvalue weighted by molar-refractivity contribution is 6.62. The SMILES string of the molecule is CC(C)(C)OC(=O)NCC1OB(O)c2cc(OCCO)cc(Cl)c21. The first-order chi connectivity index (χ1) is 11.2. The van der Waals surface area contributed by atoms with Crippen molar-refractivity contribution in [2.75, 3.05) is 19.8 Å². The normalized spacial score (nSPS) is 16.8. The van der Waals surface area contributed by atoms with E-state index in [-0.39, 0.29) is 19.8 Å². The molecule has 0 bridgehead atoms. The minimum atomic E-state index is -1.17. The van der Waals surface area contributed by atoms with Crippen molar-refractivity contribution in [2.24, 2.45) is 0 Å².